The van der Waals surface area contributed by atoms with Crippen LogP contribution >= 0.6 is 0 Å². The zero-order valence-corrected chi connectivity index (χ0v) is 12.5. The fourth-order valence-electron chi connectivity index (χ4n) is 3.52. The van der Waals surface area contributed by atoms with Crippen LogP contribution < -0.4 is 0 Å². The predicted molar refractivity (Wildman–Crippen MR) is 83.7 cm³/mol. The Hall–Kier alpha value is -1.57. The molecule has 2 aromatic rings. The quantitative estimate of drug-likeness (QED) is 0.766. The lowest BCUT2D eigenvalue weighted by Gasteiger charge is -2.30. The summed E-state index contributed by atoms with van der Waals surface area (Å²) < 4.78 is 2.45. The molecule has 106 valence electrons. The molecule has 1 atom stereocenters. The van der Waals surface area contributed by atoms with Crippen molar-refractivity contribution in [2.45, 2.75) is 52.0 Å². The van der Waals surface area contributed by atoms with Gasteiger partial charge < -0.3 is 4.57 Å². The summed E-state index contributed by atoms with van der Waals surface area (Å²) in [6.07, 6.45) is 11.1. The molecule has 1 aliphatic rings. The number of nitrogens with zero attached hydrogens (tertiary/aromatic N) is 2. The van der Waals surface area contributed by atoms with Crippen LogP contribution in [-0.2, 0) is 0 Å². The highest BCUT2D eigenvalue weighted by atomic mass is 15.0. The molecule has 2 nitrogen and oxygen atoms in total. The number of hydrogen-bond acceptors (Lipinski definition) is 1. The molecule has 0 spiro atoms. The Morgan fingerprint density at radius 1 is 1.20 bits per heavy atom. The third kappa shape index (κ3) is 2.65. The molecular weight excluding hydrogens is 244 g/mol. The van der Waals surface area contributed by atoms with Crippen molar-refractivity contribution < 1.29 is 0 Å². The Bertz CT molecular complexity index is 550. The van der Waals surface area contributed by atoms with Crippen molar-refractivity contribution in [1.29, 1.82) is 0 Å². The van der Waals surface area contributed by atoms with Crippen molar-refractivity contribution in [1.82, 2.24) is 9.55 Å². The monoisotopic (exact) mass is 268 g/mol. The smallest absolute Gasteiger partial charge is 0.0866 e. The molecule has 1 aliphatic carbocycles. The zero-order valence-electron chi connectivity index (χ0n) is 12.5. The van der Waals surface area contributed by atoms with E-state index in [2.05, 4.69) is 47.8 Å². The van der Waals surface area contributed by atoms with E-state index in [1.165, 1.54) is 43.4 Å². The second-order valence-corrected chi connectivity index (χ2v) is 6.16. The van der Waals surface area contributed by atoms with Crippen LogP contribution in [0.2, 0.25) is 0 Å². The summed E-state index contributed by atoms with van der Waals surface area (Å²) >= 11 is 0. The highest BCUT2D eigenvalue weighted by Gasteiger charge is 2.23. The molecule has 20 heavy (non-hydrogen) atoms. The van der Waals surface area contributed by atoms with Crippen LogP contribution in [0.3, 0.4) is 0 Å². The first-order chi connectivity index (χ1) is 9.75. The first-order valence-electron chi connectivity index (χ1n) is 7.85. The molecule has 0 aliphatic heterocycles. The van der Waals surface area contributed by atoms with Gasteiger partial charge in [-0.2, -0.15) is 0 Å². The maximum atomic E-state index is 4.53. The SMILES string of the molecule is Cc1cc(-c2ccccn2)n(C(C)C2CCCCC2)c1. The Balaban J connectivity index is 1.93. The van der Waals surface area contributed by atoms with Crippen LogP contribution in [-0.4, -0.2) is 9.55 Å². The van der Waals surface area contributed by atoms with Crippen LogP contribution in [0.5, 0.6) is 0 Å². The lowest BCUT2D eigenvalue weighted by atomic mass is 9.84. The van der Waals surface area contributed by atoms with E-state index in [9.17, 15) is 0 Å². The predicted octanol–water partition coefficient (Wildman–Crippen LogP) is 5.00. The number of aryl methyl sites for hydroxylation is 1. The second kappa shape index (κ2) is 5.82. The van der Waals surface area contributed by atoms with Gasteiger partial charge in [-0.3, -0.25) is 4.98 Å². The van der Waals surface area contributed by atoms with Crippen molar-refractivity contribution in [2.75, 3.05) is 0 Å². The summed E-state index contributed by atoms with van der Waals surface area (Å²) in [7, 11) is 0. The summed E-state index contributed by atoms with van der Waals surface area (Å²) in [5.41, 5.74) is 3.68. The van der Waals surface area contributed by atoms with Crippen molar-refractivity contribution in [3.63, 3.8) is 0 Å². The Labute approximate surface area is 121 Å². The Kier molecular flexibility index (Phi) is 3.90. The average molecular weight is 268 g/mol. The van der Waals surface area contributed by atoms with Gasteiger partial charge in [-0.05, 0) is 56.4 Å². The van der Waals surface area contributed by atoms with E-state index in [0.717, 1.165) is 11.6 Å². The van der Waals surface area contributed by atoms with Gasteiger partial charge in [-0.1, -0.05) is 25.3 Å². The van der Waals surface area contributed by atoms with E-state index in [1.54, 1.807) is 0 Å². The van der Waals surface area contributed by atoms with Crippen LogP contribution in [0.25, 0.3) is 11.4 Å². The van der Waals surface area contributed by atoms with Crippen LogP contribution in [0.15, 0.2) is 36.7 Å². The Morgan fingerprint density at radius 2 is 2.00 bits per heavy atom. The number of pyridine rings is 1. The standard InChI is InChI=1S/C18H24N2/c1-14-12-18(17-10-6-7-11-19-17)20(13-14)15(2)16-8-4-3-5-9-16/h6-7,10-13,15-16H,3-5,8-9H2,1-2H3. The molecule has 0 radical (unpaired) electrons. The van der Waals surface area contributed by atoms with E-state index >= 15 is 0 Å². The van der Waals surface area contributed by atoms with Gasteiger partial charge in [0.15, 0.2) is 0 Å². The molecule has 2 aromatic heterocycles. The van der Waals surface area contributed by atoms with E-state index in [4.69, 9.17) is 0 Å². The fourth-order valence-corrected chi connectivity index (χ4v) is 3.52. The summed E-state index contributed by atoms with van der Waals surface area (Å²) in [6.45, 7) is 4.55. The molecule has 0 bridgehead atoms. The van der Waals surface area contributed by atoms with Gasteiger partial charge in [0.25, 0.3) is 0 Å². The van der Waals surface area contributed by atoms with E-state index in [-0.39, 0.29) is 0 Å². The molecule has 0 N–H and O–H groups in total. The van der Waals surface area contributed by atoms with Crippen LogP contribution in [0.4, 0.5) is 0 Å². The Morgan fingerprint density at radius 3 is 2.70 bits per heavy atom. The molecule has 3 rings (SSSR count). The van der Waals surface area contributed by atoms with Gasteiger partial charge in [0.2, 0.25) is 0 Å². The van der Waals surface area contributed by atoms with Gasteiger partial charge in [-0.25, -0.2) is 0 Å². The summed E-state index contributed by atoms with van der Waals surface area (Å²) in [5, 5.41) is 0. The molecule has 1 saturated carbocycles. The van der Waals surface area contributed by atoms with Crippen molar-refractivity contribution in [2.24, 2.45) is 5.92 Å². The minimum absolute atomic E-state index is 0.570. The number of aromatic nitrogens is 2. The average Bonchev–Trinajstić information content (AvgIpc) is 2.90. The van der Waals surface area contributed by atoms with E-state index < -0.39 is 0 Å². The van der Waals surface area contributed by atoms with Gasteiger partial charge in [0, 0.05) is 18.4 Å². The van der Waals surface area contributed by atoms with Crippen molar-refractivity contribution >= 4 is 0 Å². The third-order valence-corrected chi connectivity index (χ3v) is 4.68. The topological polar surface area (TPSA) is 17.8 Å². The first kappa shape index (κ1) is 13.4. The van der Waals surface area contributed by atoms with E-state index in [0.29, 0.717) is 6.04 Å². The largest absolute Gasteiger partial charge is 0.343 e. The summed E-state index contributed by atoms with van der Waals surface area (Å²) in [5.74, 6) is 0.818. The molecule has 2 heterocycles. The van der Waals surface area contributed by atoms with Gasteiger partial charge >= 0.3 is 0 Å². The normalized spacial score (nSPS) is 18.1. The summed E-state index contributed by atoms with van der Waals surface area (Å²) in [6, 6.07) is 9.00. The summed E-state index contributed by atoms with van der Waals surface area (Å²) in [4.78, 5) is 4.53. The van der Waals surface area contributed by atoms with E-state index in [1.807, 2.05) is 12.3 Å². The van der Waals surface area contributed by atoms with Crippen molar-refractivity contribution in [3.8, 4) is 11.4 Å². The minimum atomic E-state index is 0.570. The van der Waals surface area contributed by atoms with Crippen LogP contribution in [0, 0.1) is 12.8 Å². The fraction of sp³-hybridized carbons (Fsp3) is 0.500. The lowest BCUT2D eigenvalue weighted by molar-refractivity contribution is 0.265. The highest BCUT2D eigenvalue weighted by molar-refractivity contribution is 5.56. The second-order valence-electron chi connectivity index (χ2n) is 6.16. The molecule has 0 aromatic carbocycles. The van der Waals surface area contributed by atoms with Gasteiger partial charge in [-0.15, -0.1) is 0 Å². The zero-order chi connectivity index (χ0) is 13.9. The number of rotatable bonds is 3. The maximum absolute atomic E-state index is 4.53. The minimum Gasteiger partial charge on any atom is -0.343 e. The molecular formula is C18H24N2. The molecule has 1 fully saturated rings. The third-order valence-electron chi connectivity index (χ3n) is 4.68. The highest BCUT2D eigenvalue weighted by Crippen LogP contribution is 2.35. The lowest BCUT2D eigenvalue weighted by Crippen LogP contribution is -2.19. The van der Waals surface area contributed by atoms with Gasteiger partial charge in [0.1, 0.15) is 0 Å². The molecule has 0 amide bonds. The van der Waals surface area contributed by atoms with Crippen molar-refractivity contribution in [3.05, 3.63) is 42.2 Å². The molecule has 0 saturated heterocycles. The molecule has 1 unspecified atom stereocenters. The first-order valence-corrected chi connectivity index (χ1v) is 7.85. The molecule has 2 heteroatoms. The maximum Gasteiger partial charge on any atom is 0.0866 e. The van der Waals surface area contributed by atoms with Crippen LogP contribution in [0.1, 0.15) is 50.6 Å². The van der Waals surface area contributed by atoms with Gasteiger partial charge in [0.05, 0.1) is 11.4 Å². The number of hydrogen-bond donors (Lipinski definition) is 0.